The molecular formula is C10H8ClFO3. The minimum Gasteiger partial charge on any atom is -0.489 e. The zero-order valence-electron chi connectivity index (χ0n) is 7.61. The third kappa shape index (κ3) is 3.25. The van der Waals surface area contributed by atoms with Crippen molar-refractivity contribution in [3.05, 3.63) is 41.2 Å². The summed E-state index contributed by atoms with van der Waals surface area (Å²) in [6.45, 7) is 0.204. The van der Waals surface area contributed by atoms with Crippen molar-refractivity contribution in [3.8, 4) is 5.75 Å². The van der Waals surface area contributed by atoms with E-state index in [1.54, 1.807) is 0 Å². The first kappa shape index (κ1) is 11.5. The van der Waals surface area contributed by atoms with Crippen LogP contribution in [0.2, 0.25) is 0 Å². The van der Waals surface area contributed by atoms with Crippen LogP contribution in [0.3, 0.4) is 0 Å². The minimum atomic E-state index is -1.31. The summed E-state index contributed by atoms with van der Waals surface area (Å²) in [4.78, 5) is 10.5. The third-order valence-corrected chi connectivity index (χ3v) is 1.78. The van der Waals surface area contributed by atoms with Crippen LogP contribution >= 0.6 is 11.6 Å². The molecule has 0 saturated heterocycles. The number of carboxylic acids is 1. The molecule has 0 spiro atoms. The van der Waals surface area contributed by atoms with Gasteiger partial charge in [0.2, 0.25) is 0 Å². The summed E-state index contributed by atoms with van der Waals surface area (Å²) >= 11 is 5.25. The predicted molar refractivity (Wildman–Crippen MR) is 53.8 cm³/mol. The van der Waals surface area contributed by atoms with Gasteiger partial charge in [-0.05, 0) is 18.2 Å². The lowest BCUT2D eigenvalue weighted by atomic mass is 10.2. The van der Waals surface area contributed by atoms with Crippen LogP contribution in [0.15, 0.2) is 29.8 Å². The van der Waals surface area contributed by atoms with Crippen molar-refractivity contribution in [2.24, 2.45) is 0 Å². The number of carboxylic acid groups (broad SMARTS) is 1. The Kier molecular flexibility index (Phi) is 4.12. The van der Waals surface area contributed by atoms with E-state index in [9.17, 15) is 9.18 Å². The standard InChI is InChI=1S/C10H8ClFO3/c11-4-1-5-15-7-2-3-8(10(13)14)9(12)6-7/h1-4,6H,5H2,(H,13,14)/b4-1+. The van der Waals surface area contributed by atoms with Gasteiger partial charge in [0.1, 0.15) is 18.2 Å². The molecule has 5 heteroatoms. The van der Waals surface area contributed by atoms with Gasteiger partial charge in [-0.15, -0.1) is 0 Å². The Morgan fingerprint density at radius 1 is 1.60 bits per heavy atom. The highest BCUT2D eigenvalue weighted by Crippen LogP contribution is 2.16. The fourth-order valence-electron chi connectivity index (χ4n) is 0.940. The number of rotatable bonds is 4. The number of carbonyl (C=O) groups is 1. The highest BCUT2D eigenvalue weighted by Gasteiger charge is 2.10. The molecule has 0 aliphatic carbocycles. The molecule has 0 radical (unpaired) electrons. The van der Waals surface area contributed by atoms with Gasteiger partial charge < -0.3 is 9.84 Å². The highest BCUT2D eigenvalue weighted by atomic mass is 35.5. The second kappa shape index (κ2) is 5.36. The Morgan fingerprint density at radius 3 is 2.87 bits per heavy atom. The maximum absolute atomic E-state index is 13.1. The lowest BCUT2D eigenvalue weighted by Gasteiger charge is -2.04. The van der Waals surface area contributed by atoms with Crippen LogP contribution in [0.4, 0.5) is 4.39 Å². The van der Waals surface area contributed by atoms with Crippen molar-refractivity contribution in [1.29, 1.82) is 0 Å². The quantitative estimate of drug-likeness (QED) is 0.865. The fourth-order valence-corrected chi connectivity index (χ4v) is 1.01. The Morgan fingerprint density at radius 2 is 2.33 bits per heavy atom. The summed E-state index contributed by atoms with van der Waals surface area (Å²) < 4.78 is 18.2. The molecule has 1 aromatic carbocycles. The highest BCUT2D eigenvalue weighted by molar-refractivity contribution is 6.25. The first-order chi connectivity index (χ1) is 7.15. The Labute approximate surface area is 90.7 Å². The first-order valence-corrected chi connectivity index (χ1v) is 4.49. The van der Waals surface area contributed by atoms with E-state index in [1.807, 2.05) is 0 Å². The number of benzene rings is 1. The van der Waals surface area contributed by atoms with E-state index in [4.69, 9.17) is 21.4 Å². The van der Waals surface area contributed by atoms with Crippen LogP contribution in [0.25, 0.3) is 0 Å². The molecule has 0 bridgehead atoms. The zero-order chi connectivity index (χ0) is 11.3. The summed E-state index contributed by atoms with van der Waals surface area (Å²) in [5, 5.41) is 8.56. The van der Waals surface area contributed by atoms with Crippen molar-refractivity contribution < 1.29 is 19.0 Å². The van der Waals surface area contributed by atoms with Gasteiger partial charge in [-0.1, -0.05) is 11.6 Å². The van der Waals surface area contributed by atoms with Crippen molar-refractivity contribution in [2.45, 2.75) is 0 Å². The topological polar surface area (TPSA) is 46.5 Å². The molecule has 0 unspecified atom stereocenters. The van der Waals surface area contributed by atoms with Gasteiger partial charge in [0.15, 0.2) is 0 Å². The summed E-state index contributed by atoms with van der Waals surface area (Å²) in [6, 6.07) is 3.55. The molecule has 15 heavy (non-hydrogen) atoms. The number of ether oxygens (including phenoxy) is 1. The summed E-state index contributed by atoms with van der Waals surface area (Å²) in [5.74, 6) is -1.87. The maximum Gasteiger partial charge on any atom is 0.338 e. The van der Waals surface area contributed by atoms with E-state index < -0.39 is 11.8 Å². The molecule has 0 fully saturated rings. The first-order valence-electron chi connectivity index (χ1n) is 4.06. The molecule has 1 aromatic rings. The molecule has 0 heterocycles. The van der Waals surface area contributed by atoms with Crippen LogP contribution in [-0.2, 0) is 0 Å². The maximum atomic E-state index is 13.1. The number of halogens is 2. The van der Waals surface area contributed by atoms with Crippen LogP contribution < -0.4 is 4.74 Å². The van der Waals surface area contributed by atoms with Gasteiger partial charge in [-0.2, -0.15) is 0 Å². The van der Waals surface area contributed by atoms with Gasteiger partial charge in [0.25, 0.3) is 0 Å². The van der Waals surface area contributed by atoms with E-state index >= 15 is 0 Å². The third-order valence-electron chi connectivity index (χ3n) is 1.61. The smallest absolute Gasteiger partial charge is 0.338 e. The van der Waals surface area contributed by atoms with E-state index in [0.717, 1.165) is 12.1 Å². The lowest BCUT2D eigenvalue weighted by molar-refractivity contribution is 0.0692. The van der Waals surface area contributed by atoms with Crippen molar-refractivity contribution >= 4 is 17.6 Å². The van der Waals surface area contributed by atoms with Crippen molar-refractivity contribution in [2.75, 3.05) is 6.61 Å². The molecule has 1 N–H and O–H groups in total. The number of aromatic carboxylic acids is 1. The largest absolute Gasteiger partial charge is 0.489 e. The summed E-state index contributed by atoms with van der Waals surface area (Å²) in [7, 11) is 0. The van der Waals surface area contributed by atoms with Crippen LogP contribution in [-0.4, -0.2) is 17.7 Å². The average molecular weight is 231 g/mol. The summed E-state index contributed by atoms with van der Waals surface area (Å²) in [5.41, 5.74) is 0.900. The van der Waals surface area contributed by atoms with Gasteiger partial charge in [0, 0.05) is 11.6 Å². The lowest BCUT2D eigenvalue weighted by Crippen LogP contribution is -2.01. The van der Waals surface area contributed by atoms with Crippen molar-refractivity contribution in [1.82, 2.24) is 0 Å². The van der Waals surface area contributed by atoms with Gasteiger partial charge in [0.05, 0.1) is 5.56 Å². The molecule has 0 aliphatic heterocycles. The predicted octanol–water partition coefficient (Wildman–Crippen LogP) is 2.66. The molecule has 0 atom stereocenters. The monoisotopic (exact) mass is 230 g/mol. The van der Waals surface area contributed by atoms with Crippen LogP contribution in [0.5, 0.6) is 5.75 Å². The summed E-state index contributed by atoms with van der Waals surface area (Å²) in [6.07, 6.45) is 1.53. The molecule has 0 aromatic heterocycles. The van der Waals surface area contributed by atoms with Crippen LogP contribution in [0.1, 0.15) is 10.4 Å². The SMILES string of the molecule is O=C(O)c1ccc(OC/C=C/Cl)cc1F. The second-order valence-corrected chi connectivity index (χ2v) is 2.87. The molecular weight excluding hydrogens is 223 g/mol. The van der Waals surface area contributed by atoms with Crippen molar-refractivity contribution in [3.63, 3.8) is 0 Å². The van der Waals surface area contributed by atoms with Crippen LogP contribution in [0, 0.1) is 5.82 Å². The van der Waals surface area contributed by atoms with E-state index in [0.29, 0.717) is 0 Å². The molecule has 0 aliphatic rings. The second-order valence-electron chi connectivity index (χ2n) is 2.62. The fraction of sp³-hybridized carbons (Fsp3) is 0.100. The zero-order valence-corrected chi connectivity index (χ0v) is 8.37. The Hall–Kier alpha value is -1.55. The van der Waals surface area contributed by atoms with E-state index in [2.05, 4.69) is 0 Å². The normalized spacial score (nSPS) is 10.5. The molecule has 3 nitrogen and oxygen atoms in total. The van der Waals surface area contributed by atoms with Gasteiger partial charge >= 0.3 is 5.97 Å². The Balaban J connectivity index is 2.77. The number of hydrogen-bond acceptors (Lipinski definition) is 2. The Bertz CT molecular complexity index is 390. The number of hydrogen-bond donors (Lipinski definition) is 1. The molecule has 80 valence electrons. The average Bonchev–Trinajstić information content (AvgIpc) is 2.17. The molecule has 1 rings (SSSR count). The molecule has 0 saturated carbocycles. The van der Waals surface area contributed by atoms with E-state index in [1.165, 1.54) is 17.7 Å². The van der Waals surface area contributed by atoms with E-state index in [-0.39, 0.29) is 17.9 Å². The van der Waals surface area contributed by atoms with Gasteiger partial charge in [-0.3, -0.25) is 0 Å². The minimum absolute atomic E-state index is 0.204. The van der Waals surface area contributed by atoms with Gasteiger partial charge in [-0.25, -0.2) is 9.18 Å². The molecule has 0 amide bonds.